The van der Waals surface area contributed by atoms with E-state index in [9.17, 15) is 0 Å². The Bertz CT molecular complexity index is 618. The van der Waals surface area contributed by atoms with Crippen LogP contribution in [-0.4, -0.2) is 16.4 Å². The van der Waals surface area contributed by atoms with E-state index in [-0.39, 0.29) is 0 Å². The molecule has 0 N–H and O–H groups in total. The number of halogens is 1. The van der Waals surface area contributed by atoms with Gasteiger partial charge in [-0.05, 0) is 67.8 Å². The molecule has 25 heavy (non-hydrogen) atoms. The largest absolute Gasteiger partial charge is 0.543 e. The molecule has 5 heteroatoms. The molecule has 1 aromatic carbocycles. The predicted molar refractivity (Wildman–Crippen MR) is 123 cm³/mol. The fraction of sp³-hybridized carbons (Fsp3) is 0.600. The zero-order valence-electron chi connectivity index (χ0n) is 17.2. The molecule has 0 atom stereocenters. The Labute approximate surface area is 170 Å². The molecule has 0 aliphatic rings. The Kier molecular flexibility index (Phi) is 8.39. The minimum atomic E-state index is -1.92. The first-order valence-electron chi connectivity index (χ1n) is 9.07. The van der Waals surface area contributed by atoms with Crippen LogP contribution in [-0.2, 0) is 0 Å². The molecule has 0 amide bonds. The van der Waals surface area contributed by atoms with Crippen molar-refractivity contribution in [3.63, 3.8) is 0 Å². The maximum Gasteiger partial charge on any atom is 0.258 e. The van der Waals surface area contributed by atoms with Gasteiger partial charge in [-0.3, -0.25) is 0 Å². The number of thioether (sulfide) groups is 1. The molecule has 0 aliphatic carbocycles. The van der Waals surface area contributed by atoms with E-state index in [4.69, 9.17) is 4.43 Å². The summed E-state index contributed by atoms with van der Waals surface area (Å²) in [5, 5.41) is 3.29. The Morgan fingerprint density at radius 1 is 0.960 bits per heavy atom. The molecule has 0 saturated carbocycles. The van der Waals surface area contributed by atoms with Gasteiger partial charge in [-0.1, -0.05) is 61.2 Å². The molecule has 0 heterocycles. The van der Waals surface area contributed by atoms with E-state index >= 15 is 0 Å². The normalized spacial score (nSPS) is 12.5. The minimum absolute atomic E-state index is 0.568. The van der Waals surface area contributed by atoms with Crippen molar-refractivity contribution < 1.29 is 4.43 Å². The van der Waals surface area contributed by atoms with Gasteiger partial charge in [-0.25, -0.2) is 0 Å². The quantitative estimate of drug-likeness (QED) is 0.244. The molecule has 0 fully saturated rings. The fourth-order valence-corrected chi connectivity index (χ4v) is 11.0. The van der Waals surface area contributed by atoms with Gasteiger partial charge in [0, 0.05) is 9.37 Å². The SMILES string of the molecule is CC(C)[Si](Oc1ccc(Br)c(SC#C[Si](C)(C)C)c1)(C(C)C)C(C)C. The van der Waals surface area contributed by atoms with E-state index in [0.29, 0.717) is 16.6 Å². The summed E-state index contributed by atoms with van der Waals surface area (Å²) in [7, 11) is -3.27. The highest BCUT2D eigenvalue weighted by Crippen LogP contribution is 2.43. The number of hydrogen-bond donors (Lipinski definition) is 0. The van der Waals surface area contributed by atoms with E-state index in [1.54, 1.807) is 11.8 Å². The van der Waals surface area contributed by atoms with Gasteiger partial charge in [0.2, 0.25) is 0 Å². The first-order chi connectivity index (χ1) is 11.4. The maximum atomic E-state index is 6.79. The first kappa shape index (κ1) is 22.9. The minimum Gasteiger partial charge on any atom is -0.543 e. The van der Waals surface area contributed by atoms with Crippen LogP contribution in [0.3, 0.4) is 0 Å². The van der Waals surface area contributed by atoms with Gasteiger partial charge in [0.05, 0.1) is 0 Å². The predicted octanol–water partition coefficient (Wildman–Crippen LogP) is 7.93. The molecule has 0 aromatic heterocycles. The van der Waals surface area contributed by atoms with Crippen molar-refractivity contribution in [2.45, 2.75) is 82.7 Å². The molecule has 140 valence electrons. The average Bonchev–Trinajstić information content (AvgIpc) is 2.45. The van der Waals surface area contributed by atoms with Gasteiger partial charge in [0.25, 0.3) is 8.32 Å². The van der Waals surface area contributed by atoms with Gasteiger partial charge in [-0.15, -0.1) is 5.54 Å². The lowest BCUT2D eigenvalue weighted by Crippen LogP contribution is -2.50. The van der Waals surface area contributed by atoms with Gasteiger partial charge >= 0.3 is 0 Å². The topological polar surface area (TPSA) is 9.23 Å². The molecule has 0 aliphatic heterocycles. The van der Waals surface area contributed by atoms with Crippen molar-refractivity contribution in [2.24, 2.45) is 0 Å². The van der Waals surface area contributed by atoms with Crippen LogP contribution in [0.25, 0.3) is 0 Å². The summed E-state index contributed by atoms with van der Waals surface area (Å²) in [5.41, 5.74) is 5.12. The summed E-state index contributed by atoms with van der Waals surface area (Å²) in [5.74, 6) is 0.989. The zero-order valence-corrected chi connectivity index (χ0v) is 21.6. The second-order valence-corrected chi connectivity index (χ2v) is 20.4. The van der Waals surface area contributed by atoms with Gasteiger partial charge < -0.3 is 4.43 Å². The fourth-order valence-electron chi connectivity index (χ4n) is 3.42. The maximum absolute atomic E-state index is 6.79. The summed E-state index contributed by atoms with van der Waals surface area (Å²) >= 11 is 5.26. The number of rotatable bonds is 6. The second kappa shape index (κ2) is 9.17. The van der Waals surface area contributed by atoms with Crippen molar-refractivity contribution in [2.75, 3.05) is 0 Å². The Balaban J connectivity index is 3.17. The average molecular weight is 458 g/mol. The number of hydrogen-bond acceptors (Lipinski definition) is 2. The van der Waals surface area contributed by atoms with E-state index in [1.807, 2.05) is 0 Å². The summed E-state index contributed by atoms with van der Waals surface area (Å²) in [4.78, 5) is 1.14. The van der Waals surface area contributed by atoms with Crippen molar-refractivity contribution in [3.05, 3.63) is 22.7 Å². The van der Waals surface area contributed by atoms with E-state index in [0.717, 1.165) is 15.1 Å². The third-order valence-electron chi connectivity index (χ3n) is 4.49. The monoisotopic (exact) mass is 456 g/mol. The van der Waals surface area contributed by atoms with Crippen LogP contribution in [0.4, 0.5) is 0 Å². The summed E-state index contributed by atoms with van der Waals surface area (Å²) < 4.78 is 7.88. The summed E-state index contributed by atoms with van der Waals surface area (Å²) in [6.07, 6.45) is 0. The first-order valence-corrected chi connectivity index (χ1v) is 16.3. The van der Waals surface area contributed by atoms with E-state index < -0.39 is 16.4 Å². The lowest BCUT2D eigenvalue weighted by Gasteiger charge is -2.42. The van der Waals surface area contributed by atoms with E-state index in [1.165, 1.54) is 0 Å². The lowest BCUT2D eigenvalue weighted by molar-refractivity contribution is 0.478. The van der Waals surface area contributed by atoms with Crippen LogP contribution in [0.1, 0.15) is 41.5 Å². The van der Waals surface area contributed by atoms with Crippen molar-refractivity contribution in [1.29, 1.82) is 0 Å². The molecule has 0 radical (unpaired) electrons. The standard InChI is InChI=1S/C20H33BrOSSi2/c1-15(2)25(16(3)4,17(5)6)22-18-10-11-19(21)20(14-18)23-12-13-24(7,8)9/h10-11,14-17H,1-9H3. The molecular weight excluding hydrogens is 424 g/mol. The highest BCUT2D eigenvalue weighted by molar-refractivity contribution is 9.10. The Morgan fingerprint density at radius 2 is 1.48 bits per heavy atom. The van der Waals surface area contributed by atoms with Crippen molar-refractivity contribution in [3.8, 4) is 16.5 Å². The summed E-state index contributed by atoms with van der Waals surface area (Å²) in [6, 6.07) is 6.34. The third-order valence-corrected chi connectivity index (χ3v) is 13.3. The van der Waals surface area contributed by atoms with Gasteiger partial charge in [-0.2, -0.15) is 0 Å². The van der Waals surface area contributed by atoms with Crippen LogP contribution < -0.4 is 4.43 Å². The van der Waals surface area contributed by atoms with Crippen LogP contribution in [0, 0.1) is 10.8 Å². The Hall–Kier alpha value is -0.156. The second-order valence-electron chi connectivity index (χ2n) is 8.59. The molecule has 1 rings (SSSR count). The van der Waals surface area contributed by atoms with Crippen molar-refractivity contribution in [1.82, 2.24) is 0 Å². The van der Waals surface area contributed by atoms with E-state index in [2.05, 4.69) is 106 Å². The summed E-state index contributed by atoms with van der Waals surface area (Å²) in [6.45, 7) is 20.7. The third kappa shape index (κ3) is 6.20. The van der Waals surface area contributed by atoms with Crippen LogP contribution in [0.2, 0.25) is 36.3 Å². The van der Waals surface area contributed by atoms with Crippen LogP contribution in [0.5, 0.6) is 5.75 Å². The Morgan fingerprint density at radius 3 is 1.92 bits per heavy atom. The molecule has 1 nitrogen and oxygen atoms in total. The van der Waals surface area contributed by atoms with Crippen LogP contribution >= 0.6 is 27.7 Å². The number of benzene rings is 1. The smallest absolute Gasteiger partial charge is 0.258 e. The molecule has 0 bridgehead atoms. The molecule has 1 aromatic rings. The highest BCUT2D eigenvalue weighted by atomic mass is 79.9. The molecule has 0 spiro atoms. The highest BCUT2D eigenvalue weighted by Gasteiger charge is 2.47. The van der Waals surface area contributed by atoms with Gasteiger partial charge in [0.15, 0.2) is 0 Å². The molecular formula is C20H33BrOSSi2. The molecule has 0 saturated heterocycles. The lowest BCUT2D eigenvalue weighted by atomic mass is 10.3. The van der Waals surface area contributed by atoms with Crippen molar-refractivity contribution >= 4 is 44.1 Å². The zero-order chi connectivity index (χ0) is 19.4. The van der Waals surface area contributed by atoms with Gasteiger partial charge in [0.1, 0.15) is 13.8 Å². The van der Waals surface area contributed by atoms with Crippen LogP contribution in [0.15, 0.2) is 27.6 Å². The molecule has 0 unspecified atom stereocenters.